The molecule has 0 heterocycles. The van der Waals surface area contributed by atoms with E-state index in [2.05, 4.69) is 0 Å². The highest BCUT2D eigenvalue weighted by atomic mass is 16.3. The summed E-state index contributed by atoms with van der Waals surface area (Å²) in [7, 11) is 0. The molecule has 2 aromatic rings. The highest BCUT2D eigenvalue weighted by Gasteiger charge is 2.12. The van der Waals surface area contributed by atoms with Gasteiger partial charge in [-0.15, -0.1) is 0 Å². The number of benzene rings is 2. The van der Waals surface area contributed by atoms with Crippen LogP contribution in [-0.2, 0) is 0 Å². The van der Waals surface area contributed by atoms with Gasteiger partial charge in [-0.3, -0.25) is 9.59 Å². The Morgan fingerprint density at radius 3 is 1.46 bits per heavy atom. The first-order chi connectivity index (χ1) is 12.4. The zero-order valence-corrected chi connectivity index (χ0v) is 15.4. The minimum atomic E-state index is -0.0491. The summed E-state index contributed by atoms with van der Waals surface area (Å²) in [5.74, 6) is -0.0350. The van der Waals surface area contributed by atoms with Gasteiger partial charge in [0.05, 0.1) is 11.1 Å². The number of aryl methyl sites for hydroxylation is 2. The molecule has 0 bridgehead atoms. The maximum Gasteiger partial charge on any atom is 0.166 e. The number of aromatic hydroxyl groups is 2. The van der Waals surface area contributed by atoms with E-state index in [-0.39, 0.29) is 23.1 Å². The summed E-state index contributed by atoms with van der Waals surface area (Å²) in [5.41, 5.74) is 2.67. The summed E-state index contributed by atoms with van der Waals surface area (Å²) in [4.78, 5) is 24.3. The molecule has 2 rings (SSSR count). The van der Waals surface area contributed by atoms with Crippen molar-refractivity contribution in [1.82, 2.24) is 0 Å². The Labute approximate surface area is 154 Å². The highest BCUT2D eigenvalue weighted by molar-refractivity contribution is 5.99. The third kappa shape index (κ3) is 5.45. The fourth-order valence-corrected chi connectivity index (χ4v) is 2.94. The number of Topliss-reactive ketones (excluding diaryl/α,β-unsaturated/α-hetero) is 2. The van der Waals surface area contributed by atoms with Crippen molar-refractivity contribution in [2.45, 2.75) is 52.4 Å². The molecule has 2 aromatic carbocycles. The van der Waals surface area contributed by atoms with E-state index in [0.29, 0.717) is 24.0 Å². The van der Waals surface area contributed by atoms with E-state index < -0.39 is 0 Å². The van der Waals surface area contributed by atoms with Gasteiger partial charge in [-0.1, -0.05) is 36.1 Å². The molecule has 0 saturated heterocycles. The van der Waals surface area contributed by atoms with Crippen molar-refractivity contribution >= 4 is 11.6 Å². The number of phenols is 2. The van der Waals surface area contributed by atoms with Gasteiger partial charge in [-0.05, 0) is 51.0 Å². The molecule has 26 heavy (non-hydrogen) atoms. The quantitative estimate of drug-likeness (QED) is 0.484. The summed E-state index contributed by atoms with van der Waals surface area (Å²) in [6.07, 6.45) is 3.95. The van der Waals surface area contributed by atoms with E-state index in [4.69, 9.17) is 0 Å². The molecule has 138 valence electrons. The molecule has 2 N–H and O–H groups in total. The molecule has 0 radical (unpaired) electrons. The summed E-state index contributed by atoms with van der Waals surface area (Å²) in [5, 5.41) is 19.6. The molecule has 0 saturated carbocycles. The van der Waals surface area contributed by atoms with Crippen molar-refractivity contribution in [3.05, 3.63) is 58.7 Å². The van der Waals surface area contributed by atoms with Crippen molar-refractivity contribution in [3.63, 3.8) is 0 Å². The standard InChI is InChI=1S/C22H26O4/c1-15-9-11-21(25)17(13-15)19(23)7-5-3-4-6-8-20(24)18-14-16(2)10-12-22(18)26/h9-14,25-26H,3-8H2,1-2H3. The molecule has 0 aromatic heterocycles. The van der Waals surface area contributed by atoms with Gasteiger partial charge in [0, 0.05) is 12.8 Å². The molecular weight excluding hydrogens is 328 g/mol. The normalized spacial score (nSPS) is 10.7. The summed E-state index contributed by atoms with van der Waals surface area (Å²) in [6.45, 7) is 3.78. The van der Waals surface area contributed by atoms with E-state index in [0.717, 1.165) is 36.8 Å². The van der Waals surface area contributed by atoms with E-state index >= 15 is 0 Å². The molecule has 4 nitrogen and oxygen atoms in total. The van der Waals surface area contributed by atoms with Crippen LogP contribution in [0.25, 0.3) is 0 Å². The maximum absolute atomic E-state index is 12.2. The zero-order chi connectivity index (χ0) is 19.1. The van der Waals surface area contributed by atoms with Crippen LogP contribution in [0.2, 0.25) is 0 Å². The lowest BCUT2D eigenvalue weighted by atomic mass is 9.99. The van der Waals surface area contributed by atoms with E-state index in [1.54, 1.807) is 36.4 Å². The Balaban J connectivity index is 1.71. The average molecular weight is 354 g/mol. The molecule has 0 amide bonds. The predicted molar refractivity (Wildman–Crippen MR) is 102 cm³/mol. The number of carbonyl (C=O) groups is 2. The summed E-state index contributed by atoms with van der Waals surface area (Å²) in [6, 6.07) is 10.1. The second-order valence-electron chi connectivity index (χ2n) is 6.80. The predicted octanol–water partition coefficient (Wildman–Crippen LogP) is 5.12. The Morgan fingerprint density at radius 1 is 0.692 bits per heavy atom. The number of hydrogen-bond acceptors (Lipinski definition) is 4. The van der Waals surface area contributed by atoms with Gasteiger partial charge in [0.15, 0.2) is 11.6 Å². The summed E-state index contributed by atoms with van der Waals surface area (Å²) < 4.78 is 0. The van der Waals surface area contributed by atoms with Crippen molar-refractivity contribution in [2.24, 2.45) is 0 Å². The lowest BCUT2D eigenvalue weighted by molar-refractivity contribution is 0.0963. The number of phenolic OH excluding ortho intramolecular Hbond substituents is 2. The second kappa shape index (κ2) is 9.18. The Hall–Kier alpha value is -2.62. The first-order valence-electron chi connectivity index (χ1n) is 9.04. The molecule has 0 atom stereocenters. The van der Waals surface area contributed by atoms with Crippen LogP contribution < -0.4 is 0 Å². The van der Waals surface area contributed by atoms with Crippen molar-refractivity contribution in [2.75, 3.05) is 0 Å². The SMILES string of the molecule is Cc1ccc(O)c(C(=O)CCCCCCC(=O)c2cc(C)ccc2O)c1. The number of ketones is 2. The van der Waals surface area contributed by atoms with E-state index in [1.165, 1.54) is 0 Å². The second-order valence-corrected chi connectivity index (χ2v) is 6.80. The van der Waals surface area contributed by atoms with Gasteiger partial charge < -0.3 is 10.2 Å². The average Bonchev–Trinajstić information content (AvgIpc) is 2.61. The lowest BCUT2D eigenvalue weighted by Gasteiger charge is -2.06. The van der Waals surface area contributed by atoms with Crippen LogP contribution in [0.1, 0.15) is 70.4 Å². The van der Waals surface area contributed by atoms with E-state index in [9.17, 15) is 19.8 Å². The third-order valence-electron chi connectivity index (χ3n) is 4.46. The smallest absolute Gasteiger partial charge is 0.166 e. The lowest BCUT2D eigenvalue weighted by Crippen LogP contribution is -2.01. The third-order valence-corrected chi connectivity index (χ3v) is 4.46. The number of hydrogen-bond donors (Lipinski definition) is 2. The molecule has 4 heteroatoms. The monoisotopic (exact) mass is 354 g/mol. The molecule has 0 spiro atoms. The van der Waals surface area contributed by atoms with Crippen LogP contribution in [0.15, 0.2) is 36.4 Å². The van der Waals surface area contributed by atoms with E-state index in [1.807, 2.05) is 13.8 Å². The topological polar surface area (TPSA) is 74.6 Å². The molecule has 0 aliphatic carbocycles. The van der Waals surface area contributed by atoms with Gasteiger partial charge in [0.1, 0.15) is 11.5 Å². The Kier molecular flexibility index (Phi) is 6.96. The van der Waals surface area contributed by atoms with Gasteiger partial charge in [0.25, 0.3) is 0 Å². The molecule has 0 fully saturated rings. The molecular formula is C22H26O4. The maximum atomic E-state index is 12.2. The van der Waals surface area contributed by atoms with Crippen LogP contribution in [-0.4, -0.2) is 21.8 Å². The summed E-state index contributed by atoms with van der Waals surface area (Å²) >= 11 is 0. The van der Waals surface area contributed by atoms with Crippen LogP contribution in [0, 0.1) is 13.8 Å². The minimum Gasteiger partial charge on any atom is -0.507 e. The molecule has 0 aliphatic heterocycles. The highest BCUT2D eigenvalue weighted by Crippen LogP contribution is 2.22. The first-order valence-corrected chi connectivity index (χ1v) is 9.04. The number of rotatable bonds is 9. The molecule has 0 aliphatic rings. The largest absolute Gasteiger partial charge is 0.507 e. The fourth-order valence-electron chi connectivity index (χ4n) is 2.94. The molecule has 0 unspecified atom stereocenters. The van der Waals surface area contributed by atoms with Crippen LogP contribution >= 0.6 is 0 Å². The fraction of sp³-hybridized carbons (Fsp3) is 0.364. The van der Waals surface area contributed by atoms with Crippen molar-refractivity contribution in [3.8, 4) is 11.5 Å². The van der Waals surface area contributed by atoms with Crippen molar-refractivity contribution in [1.29, 1.82) is 0 Å². The minimum absolute atomic E-state index is 0.0316. The number of carbonyl (C=O) groups excluding carboxylic acids is 2. The van der Waals surface area contributed by atoms with Crippen LogP contribution in [0.4, 0.5) is 0 Å². The van der Waals surface area contributed by atoms with Crippen LogP contribution in [0.3, 0.4) is 0 Å². The first kappa shape index (κ1) is 19.7. The van der Waals surface area contributed by atoms with Crippen molar-refractivity contribution < 1.29 is 19.8 Å². The van der Waals surface area contributed by atoms with Gasteiger partial charge in [-0.25, -0.2) is 0 Å². The Morgan fingerprint density at radius 2 is 1.08 bits per heavy atom. The van der Waals surface area contributed by atoms with Gasteiger partial charge in [0.2, 0.25) is 0 Å². The van der Waals surface area contributed by atoms with Gasteiger partial charge in [-0.2, -0.15) is 0 Å². The van der Waals surface area contributed by atoms with Gasteiger partial charge >= 0.3 is 0 Å². The zero-order valence-electron chi connectivity index (χ0n) is 15.4. The Bertz CT molecular complexity index is 725. The number of unbranched alkanes of at least 4 members (excludes halogenated alkanes) is 3. The van der Waals surface area contributed by atoms with Crippen LogP contribution in [0.5, 0.6) is 11.5 Å².